The number of phenols is 3. The molecule has 0 aliphatic carbocycles. The van der Waals surface area contributed by atoms with E-state index in [2.05, 4.69) is 0 Å². The first-order chi connectivity index (χ1) is 10.0. The minimum absolute atomic E-state index is 0.0879. The SMILES string of the molecule is COc1ccc(/C=C/C(=O)c2ccc(O)c(O)c2O)cc1. The Balaban J connectivity index is 2.21. The van der Waals surface area contributed by atoms with E-state index in [0.29, 0.717) is 5.75 Å². The van der Waals surface area contributed by atoms with Gasteiger partial charge in [0.1, 0.15) is 5.75 Å². The maximum atomic E-state index is 12.0. The van der Waals surface area contributed by atoms with Crippen LogP contribution in [0.2, 0.25) is 0 Å². The van der Waals surface area contributed by atoms with E-state index in [4.69, 9.17) is 4.74 Å². The van der Waals surface area contributed by atoms with Crippen molar-refractivity contribution in [1.29, 1.82) is 0 Å². The van der Waals surface area contributed by atoms with Gasteiger partial charge in [-0.15, -0.1) is 0 Å². The second-order valence-corrected chi connectivity index (χ2v) is 4.30. The minimum atomic E-state index is -0.710. The number of ether oxygens (including phenoxy) is 1. The van der Waals surface area contributed by atoms with Gasteiger partial charge in [0.2, 0.25) is 5.75 Å². The summed E-state index contributed by atoms with van der Waals surface area (Å²) < 4.78 is 5.03. The highest BCUT2D eigenvalue weighted by molar-refractivity contribution is 6.09. The molecule has 0 aliphatic rings. The lowest BCUT2D eigenvalue weighted by molar-refractivity contribution is 0.104. The van der Waals surface area contributed by atoms with Gasteiger partial charge in [-0.05, 0) is 35.9 Å². The van der Waals surface area contributed by atoms with Crippen LogP contribution in [0.25, 0.3) is 6.08 Å². The molecule has 0 saturated carbocycles. The highest BCUT2D eigenvalue weighted by Crippen LogP contribution is 2.37. The Kier molecular flexibility index (Phi) is 4.13. The number of phenolic OH excluding ortho intramolecular Hbond substituents is 3. The topological polar surface area (TPSA) is 87.0 Å². The summed E-state index contributed by atoms with van der Waals surface area (Å²) in [6.07, 6.45) is 2.85. The third-order valence-electron chi connectivity index (χ3n) is 2.94. The molecule has 0 unspecified atom stereocenters. The highest BCUT2D eigenvalue weighted by Gasteiger charge is 2.15. The Bertz CT molecular complexity index is 687. The van der Waals surface area contributed by atoms with Crippen LogP contribution in [-0.2, 0) is 0 Å². The van der Waals surface area contributed by atoms with Gasteiger partial charge < -0.3 is 20.1 Å². The van der Waals surface area contributed by atoms with E-state index in [-0.39, 0.29) is 5.56 Å². The Hall–Kier alpha value is -2.95. The van der Waals surface area contributed by atoms with Gasteiger partial charge in [-0.3, -0.25) is 4.79 Å². The average molecular weight is 286 g/mol. The fourth-order valence-corrected chi connectivity index (χ4v) is 1.74. The van der Waals surface area contributed by atoms with Gasteiger partial charge >= 0.3 is 0 Å². The number of hydrogen-bond donors (Lipinski definition) is 3. The van der Waals surface area contributed by atoms with Crippen molar-refractivity contribution >= 4 is 11.9 Å². The summed E-state index contributed by atoms with van der Waals surface area (Å²) in [7, 11) is 1.56. The smallest absolute Gasteiger partial charge is 0.201 e. The van der Waals surface area contributed by atoms with Gasteiger partial charge in [-0.2, -0.15) is 0 Å². The summed E-state index contributed by atoms with van der Waals surface area (Å²) >= 11 is 0. The van der Waals surface area contributed by atoms with E-state index >= 15 is 0 Å². The first-order valence-corrected chi connectivity index (χ1v) is 6.13. The lowest BCUT2D eigenvalue weighted by Crippen LogP contribution is -1.95. The van der Waals surface area contributed by atoms with Crippen LogP contribution >= 0.6 is 0 Å². The number of benzene rings is 2. The van der Waals surface area contributed by atoms with Crippen LogP contribution in [0.4, 0.5) is 0 Å². The third-order valence-corrected chi connectivity index (χ3v) is 2.94. The zero-order valence-electron chi connectivity index (χ0n) is 11.3. The summed E-state index contributed by atoms with van der Waals surface area (Å²) in [5.74, 6) is -1.61. The molecule has 0 aromatic heterocycles. The van der Waals surface area contributed by atoms with Crippen molar-refractivity contribution in [1.82, 2.24) is 0 Å². The molecular weight excluding hydrogens is 272 g/mol. The van der Waals surface area contributed by atoms with Gasteiger partial charge in [-0.1, -0.05) is 18.2 Å². The van der Waals surface area contributed by atoms with Crippen LogP contribution in [0.1, 0.15) is 15.9 Å². The predicted octanol–water partition coefficient (Wildman–Crippen LogP) is 2.71. The fraction of sp³-hybridized carbons (Fsp3) is 0.0625. The van der Waals surface area contributed by atoms with Crippen LogP contribution in [0.5, 0.6) is 23.0 Å². The van der Waals surface area contributed by atoms with Gasteiger partial charge in [0.25, 0.3) is 0 Å². The van der Waals surface area contributed by atoms with Crippen LogP contribution in [0.15, 0.2) is 42.5 Å². The van der Waals surface area contributed by atoms with Crippen molar-refractivity contribution in [3.63, 3.8) is 0 Å². The van der Waals surface area contributed by atoms with Crippen LogP contribution < -0.4 is 4.74 Å². The second kappa shape index (κ2) is 6.00. The Morgan fingerprint density at radius 2 is 1.67 bits per heavy atom. The summed E-state index contributed by atoms with van der Waals surface area (Å²) in [6, 6.07) is 9.45. The molecule has 108 valence electrons. The lowest BCUT2D eigenvalue weighted by atomic mass is 10.1. The van der Waals surface area contributed by atoms with Crippen molar-refractivity contribution < 1.29 is 24.9 Å². The molecule has 5 nitrogen and oxygen atoms in total. The summed E-state index contributed by atoms with van der Waals surface area (Å²) in [4.78, 5) is 12.0. The number of rotatable bonds is 4. The van der Waals surface area contributed by atoms with Crippen molar-refractivity contribution in [2.75, 3.05) is 7.11 Å². The number of aromatic hydroxyl groups is 3. The van der Waals surface area contributed by atoms with Crippen molar-refractivity contribution in [3.8, 4) is 23.0 Å². The van der Waals surface area contributed by atoms with Crippen molar-refractivity contribution in [2.24, 2.45) is 0 Å². The average Bonchev–Trinajstić information content (AvgIpc) is 2.51. The molecule has 0 heterocycles. The molecule has 0 atom stereocenters. The zero-order chi connectivity index (χ0) is 15.4. The molecule has 0 aliphatic heterocycles. The van der Waals surface area contributed by atoms with Crippen LogP contribution in [0, 0.1) is 0 Å². The molecule has 0 radical (unpaired) electrons. The van der Waals surface area contributed by atoms with Gasteiger partial charge in [0, 0.05) is 0 Å². The van der Waals surface area contributed by atoms with Crippen molar-refractivity contribution in [3.05, 3.63) is 53.6 Å². The van der Waals surface area contributed by atoms with Crippen LogP contribution in [0.3, 0.4) is 0 Å². The molecular formula is C16H14O5. The van der Waals surface area contributed by atoms with E-state index in [0.717, 1.165) is 11.6 Å². The quantitative estimate of drug-likeness (QED) is 0.457. The number of ketones is 1. The van der Waals surface area contributed by atoms with E-state index < -0.39 is 23.0 Å². The molecule has 0 amide bonds. The molecule has 2 aromatic rings. The number of hydrogen-bond acceptors (Lipinski definition) is 5. The zero-order valence-corrected chi connectivity index (χ0v) is 11.3. The lowest BCUT2D eigenvalue weighted by Gasteiger charge is -2.04. The number of allylic oxidation sites excluding steroid dienone is 1. The highest BCUT2D eigenvalue weighted by atomic mass is 16.5. The Labute approximate surface area is 121 Å². The maximum Gasteiger partial charge on any atom is 0.201 e. The van der Waals surface area contributed by atoms with E-state index in [1.165, 1.54) is 12.1 Å². The number of carbonyl (C=O) groups excluding carboxylic acids is 1. The standard InChI is InChI=1S/C16H14O5/c1-21-11-5-2-10(3-6-11)4-8-13(17)12-7-9-14(18)16(20)15(12)19/h2-9,18-20H,1H3/b8-4+. The van der Waals surface area contributed by atoms with E-state index in [1.807, 2.05) is 0 Å². The monoisotopic (exact) mass is 286 g/mol. The first-order valence-electron chi connectivity index (χ1n) is 6.13. The maximum absolute atomic E-state index is 12.0. The summed E-state index contributed by atoms with van der Waals surface area (Å²) in [5, 5.41) is 28.2. The third kappa shape index (κ3) is 3.14. The largest absolute Gasteiger partial charge is 0.504 e. The molecule has 3 N–H and O–H groups in total. The summed E-state index contributed by atoms with van der Waals surface area (Å²) in [6.45, 7) is 0. The molecule has 0 fully saturated rings. The normalized spacial score (nSPS) is 10.7. The first kappa shape index (κ1) is 14.5. The van der Waals surface area contributed by atoms with Gasteiger partial charge in [-0.25, -0.2) is 0 Å². The Morgan fingerprint density at radius 3 is 2.29 bits per heavy atom. The van der Waals surface area contributed by atoms with Crippen molar-refractivity contribution in [2.45, 2.75) is 0 Å². The van der Waals surface area contributed by atoms with Gasteiger partial charge in [0.15, 0.2) is 17.3 Å². The fourth-order valence-electron chi connectivity index (χ4n) is 1.74. The number of methoxy groups -OCH3 is 1. The number of carbonyl (C=O) groups is 1. The molecule has 0 saturated heterocycles. The Morgan fingerprint density at radius 1 is 1.00 bits per heavy atom. The molecule has 21 heavy (non-hydrogen) atoms. The molecule has 0 spiro atoms. The second-order valence-electron chi connectivity index (χ2n) is 4.30. The van der Waals surface area contributed by atoms with Crippen LogP contribution in [-0.4, -0.2) is 28.2 Å². The molecule has 0 bridgehead atoms. The molecule has 5 heteroatoms. The van der Waals surface area contributed by atoms with E-state index in [9.17, 15) is 20.1 Å². The molecule has 2 rings (SSSR count). The van der Waals surface area contributed by atoms with Gasteiger partial charge in [0.05, 0.1) is 12.7 Å². The van der Waals surface area contributed by atoms with E-state index in [1.54, 1.807) is 37.5 Å². The molecule has 2 aromatic carbocycles. The summed E-state index contributed by atoms with van der Waals surface area (Å²) in [5.41, 5.74) is 0.696. The predicted molar refractivity (Wildman–Crippen MR) is 77.8 cm³/mol. The minimum Gasteiger partial charge on any atom is -0.504 e.